The summed E-state index contributed by atoms with van der Waals surface area (Å²) in [5.74, 6) is 0.0261. The number of benzene rings is 1. The van der Waals surface area contributed by atoms with Crippen molar-refractivity contribution in [2.75, 3.05) is 13.6 Å². The van der Waals surface area contributed by atoms with Crippen molar-refractivity contribution in [3.63, 3.8) is 0 Å². The summed E-state index contributed by atoms with van der Waals surface area (Å²) in [7, 11) is 1.84. The lowest BCUT2D eigenvalue weighted by Gasteiger charge is -2.27. The summed E-state index contributed by atoms with van der Waals surface area (Å²) in [5, 5.41) is 0.991. The van der Waals surface area contributed by atoms with E-state index in [2.05, 4.69) is 31.2 Å². The summed E-state index contributed by atoms with van der Waals surface area (Å²) in [4.78, 5) is 20.4. The van der Waals surface area contributed by atoms with E-state index < -0.39 is 0 Å². The molecule has 5 nitrogen and oxygen atoms in total. The first-order valence-electron chi connectivity index (χ1n) is 9.07. The second-order valence-corrected chi connectivity index (χ2v) is 8.05. The van der Waals surface area contributed by atoms with E-state index in [1.54, 1.807) is 16.2 Å². The number of hydrogen-bond acceptors (Lipinski definition) is 5. The molecule has 140 valence electrons. The van der Waals surface area contributed by atoms with E-state index >= 15 is 0 Å². The zero-order valence-electron chi connectivity index (χ0n) is 15.9. The van der Waals surface area contributed by atoms with E-state index in [4.69, 9.17) is 15.5 Å². The van der Waals surface area contributed by atoms with Crippen LogP contribution in [0.25, 0.3) is 10.6 Å². The van der Waals surface area contributed by atoms with Gasteiger partial charge in [0.05, 0.1) is 22.7 Å². The van der Waals surface area contributed by atoms with E-state index in [0.717, 1.165) is 34.0 Å². The molecule has 0 spiro atoms. The van der Waals surface area contributed by atoms with Crippen molar-refractivity contribution < 1.29 is 9.53 Å². The molecule has 2 aromatic rings. The smallest absolute Gasteiger partial charge is 0.251 e. The highest BCUT2D eigenvalue weighted by Crippen LogP contribution is 2.34. The van der Waals surface area contributed by atoms with Gasteiger partial charge in [0.2, 0.25) is 0 Å². The summed E-state index contributed by atoms with van der Waals surface area (Å²) in [6, 6.07) is 8.33. The lowest BCUT2D eigenvalue weighted by Crippen LogP contribution is -2.38. The minimum Gasteiger partial charge on any atom is -0.364 e. The first-order valence-corrected chi connectivity index (χ1v) is 9.89. The largest absolute Gasteiger partial charge is 0.364 e. The van der Waals surface area contributed by atoms with Crippen LogP contribution in [0.3, 0.4) is 0 Å². The van der Waals surface area contributed by atoms with Gasteiger partial charge in [-0.15, -0.1) is 11.3 Å². The van der Waals surface area contributed by atoms with Gasteiger partial charge in [-0.1, -0.05) is 29.8 Å². The van der Waals surface area contributed by atoms with Gasteiger partial charge in [0.15, 0.2) is 0 Å². The Morgan fingerprint density at radius 1 is 1.35 bits per heavy atom. The van der Waals surface area contributed by atoms with E-state index in [9.17, 15) is 4.79 Å². The zero-order chi connectivity index (χ0) is 18.8. The maximum atomic E-state index is 12.8. The third kappa shape index (κ3) is 3.82. The van der Waals surface area contributed by atoms with Crippen LogP contribution < -0.4 is 5.73 Å². The fourth-order valence-electron chi connectivity index (χ4n) is 3.27. The van der Waals surface area contributed by atoms with Crippen LogP contribution in [0, 0.1) is 13.8 Å². The third-order valence-electron chi connectivity index (χ3n) is 5.08. The van der Waals surface area contributed by atoms with E-state index in [1.807, 2.05) is 20.9 Å². The normalized spacial score (nSPS) is 21.0. The number of carbonyl (C=O) groups is 1. The molecular weight excluding hydrogens is 346 g/mol. The maximum Gasteiger partial charge on any atom is 0.251 e. The van der Waals surface area contributed by atoms with Crippen LogP contribution in [0.4, 0.5) is 0 Å². The minimum atomic E-state index is -0.374. The highest BCUT2D eigenvalue weighted by Gasteiger charge is 2.34. The summed E-state index contributed by atoms with van der Waals surface area (Å²) in [6.45, 7) is 6.60. The average Bonchev–Trinajstić information content (AvgIpc) is 3.27. The van der Waals surface area contributed by atoms with Crippen molar-refractivity contribution in [1.82, 2.24) is 9.88 Å². The van der Waals surface area contributed by atoms with Gasteiger partial charge in [-0.2, -0.15) is 0 Å². The molecule has 0 bridgehead atoms. The SMILES string of the molecule is Cc1ccc(-c2nc(C)c(C(C)N(C)C(=O)[C@@H]3CC[C@H](CN)O3)s2)cc1. The Labute approximate surface area is 159 Å². The Bertz CT molecular complexity index is 772. The highest BCUT2D eigenvalue weighted by atomic mass is 32.1. The monoisotopic (exact) mass is 373 g/mol. The number of aromatic nitrogens is 1. The van der Waals surface area contributed by atoms with Crippen molar-refractivity contribution in [1.29, 1.82) is 0 Å². The van der Waals surface area contributed by atoms with Crippen molar-refractivity contribution in [2.24, 2.45) is 5.73 Å². The molecule has 26 heavy (non-hydrogen) atoms. The van der Waals surface area contributed by atoms with Crippen LogP contribution in [0.15, 0.2) is 24.3 Å². The molecule has 1 unspecified atom stereocenters. The van der Waals surface area contributed by atoms with Crippen LogP contribution in [0.2, 0.25) is 0 Å². The molecule has 0 aliphatic carbocycles. The van der Waals surface area contributed by atoms with Gasteiger partial charge in [0, 0.05) is 19.2 Å². The molecule has 3 atom stereocenters. The number of ether oxygens (including phenoxy) is 1. The molecule has 2 N–H and O–H groups in total. The first kappa shape index (κ1) is 19.0. The molecule has 1 saturated heterocycles. The van der Waals surface area contributed by atoms with Gasteiger partial charge in [0.1, 0.15) is 11.1 Å². The zero-order valence-corrected chi connectivity index (χ0v) is 16.7. The minimum absolute atomic E-state index is 0.00550. The summed E-state index contributed by atoms with van der Waals surface area (Å²) in [5.41, 5.74) is 8.97. The molecule has 2 heterocycles. The molecule has 1 fully saturated rings. The van der Waals surface area contributed by atoms with Gasteiger partial charge in [0.25, 0.3) is 5.91 Å². The molecule has 1 aromatic heterocycles. The lowest BCUT2D eigenvalue weighted by molar-refractivity contribution is -0.143. The van der Waals surface area contributed by atoms with E-state index in [0.29, 0.717) is 6.54 Å². The topological polar surface area (TPSA) is 68.5 Å². The van der Waals surface area contributed by atoms with Gasteiger partial charge in [-0.3, -0.25) is 4.79 Å². The number of thiazole rings is 1. The standard InChI is InChI=1S/C20H27N3O2S/c1-12-5-7-15(8-6-12)19-22-13(2)18(26-19)14(3)23(4)20(24)17-10-9-16(11-21)25-17/h5-8,14,16-17H,9-11,21H2,1-4H3/t14?,16-,17+/m1/s1. The number of likely N-dealkylation sites (N-methyl/N-ethyl adjacent to an activating group) is 1. The van der Waals surface area contributed by atoms with Crippen molar-refractivity contribution in [2.45, 2.75) is 51.9 Å². The average molecular weight is 374 g/mol. The Morgan fingerprint density at radius 2 is 2.04 bits per heavy atom. The highest BCUT2D eigenvalue weighted by molar-refractivity contribution is 7.15. The molecule has 3 rings (SSSR count). The molecule has 1 aromatic carbocycles. The molecule has 1 amide bonds. The number of amides is 1. The number of rotatable bonds is 5. The molecular formula is C20H27N3O2S. The third-order valence-corrected chi connectivity index (χ3v) is 6.46. The Hall–Kier alpha value is -1.76. The van der Waals surface area contributed by atoms with Crippen molar-refractivity contribution >= 4 is 17.2 Å². The van der Waals surface area contributed by atoms with Crippen LogP contribution in [0.1, 0.15) is 41.9 Å². The molecule has 0 saturated carbocycles. The van der Waals surface area contributed by atoms with Crippen LogP contribution in [-0.4, -0.2) is 41.6 Å². The Morgan fingerprint density at radius 3 is 2.65 bits per heavy atom. The van der Waals surface area contributed by atoms with Crippen LogP contribution >= 0.6 is 11.3 Å². The summed E-state index contributed by atoms with van der Waals surface area (Å²) in [6.07, 6.45) is 1.23. The first-order chi connectivity index (χ1) is 12.4. The predicted octanol–water partition coefficient (Wildman–Crippen LogP) is 3.45. The van der Waals surface area contributed by atoms with E-state index in [1.165, 1.54) is 5.56 Å². The summed E-state index contributed by atoms with van der Waals surface area (Å²) < 4.78 is 5.77. The molecule has 1 aliphatic rings. The molecule has 0 radical (unpaired) electrons. The van der Waals surface area contributed by atoms with Crippen LogP contribution in [-0.2, 0) is 9.53 Å². The van der Waals surface area contributed by atoms with E-state index in [-0.39, 0.29) is 24.2 Å². The molecule has 6 heteroatoms. The number of nitrogens with zero attached hydrogens (tertiary/aromatic N) is 2. The Balaban J connectivity index is 1.76. The number of nitrogens with two attached hydrogens (primary N) is 1. The second-order valence-electron chi connectivity index (χ2n) is 7.02. The molecule has 1 aliphatic heterocycles. The quantitative estimate of drug-likeness (QED) is 0.871. The Kier molecular flexibility index (Phi) is 5.75. The number of carbonyl (C=O) groups excluding carboxylic acids is 1. The predicted molar refractivity (Wildman–Crippen MR) is 105 cm³/mol. The summed E-state index contributed by atoms with van der Waals surface area (Å²) >= 11 is 1.65. The van der Waals surface area contributed by atoms with Gasteiger partial charge < -0.3 is 15.4 Å². The van der Waals surface area contributed by atoms with Gasteiger partial charge in [-0.05, 0) is 33.6 Å². The van der Waals surface area contributed by atoms with Crippen LogP contribution in [0.5, 0.6) is 0 Å². The van der Waals surface area contributed by atoms with Crippen molar-refractivity contribution in [3.05, 3.63) is 40.4 Å². The fraction of sp³-hybridized carbons (Fsp3) is 0.500. The van der Waals surface area contributed by atoms with Crippen molar-refractivity contribution in [3.8, 4) is 10.6 Å². The fourth-order valence-corrected chi connectivity index (χ4v) is 4.44. The maximum absolute atomic E-state index is 12.8. The lowest BCUT2D eigenvalue weighted by atomic mass is 10.1. The number of hydrogen-bond donors (Lipinski definition) is 1. The number of aryl methyl sites for hydroxylation is 2. The van der Waals surface area contributed by atoms with Gasteiger partial charge >= 0.3 is 0 Å². The van der Waals surface area contributed by atoms with Gasteiger partial charge in [-0.25, -0.2) is 4.98 Å². The second kappa shape index (κ2) is 7.86.